The fourth-order valence-corrected chi connectivity index (χ4v) is 2.88. The lowest BCUT2D eigenvalue weighted by atomic mass is 9.95. The Morgan fingerprint density at radius 1 is 1.20 bits per heavy atom. The van der Waals surface area contributed by atoms with Crippen LogP contribution < -0.4 is 0 Å². The molecule has 0 unspecified atom stereocenters. The van der Waals surface area contributed by atoms with E-state index in [1.165, 1.54) is 37.8 Å². The van der Waals surface area contributed by atoms with E-state index in [1.54, 1.807) is 6.20 Å². The zero-order valence-corrected chi connectivity index (χ0v) is 8.91. The predicted molar refractivity (Wildman–Crippen MR) is 57.0 cm³/mol. The molecule has 3 heteroatoms. The second-order valence-corrected chi connectivity index (χ2v) is 4.66. The van der Waals surface area contributed by atoms with E-state index in [-0.39, 0.29) is 5.78 Å². The first-order valence-electron chi connectivity index (χ1n) is 5.96. The molecule has 1 aromatic rings. The van der Waals surface area contributed by atoms with Gasteiger partial charge in [0.05, 0.1) is 17.8 Å². The highest BCUT2D eigenvalue weighted by Crippen LogP contribution is 2.32. The minimum Gasteiger partial charge on any atom is -0.294 e. The number of aromatic nitrogens is 2. The number of fused-ring (bicyclic) bond motifs is 1. The van der Waals surface area contributed by atoms with Gasteiger partial charge in [-0.1, -0.05) is 19.3 Å². The Hall–Kier alpha value is -1.12. The Morgan fingerprint density at radius 2 is 2.00 bits per heavy atom. The summed E-state index contributed by atoms with van der Waals surface area (Å²) < 4.78 is 2.14. The Morgan fingerprint density at radius 3 is 2.80 bits per heavy atom. The molecule has 80 valence electrons. The molecule has 0 saturated heterocycles. The van der Waals surface area contributed by atoms with Crippen molar-refractivity contribution in [3.63, 3.8) is 0 Å². The minimum absolute atomic E-state index is 0.284. The zero-order chi connectivity index (χ0) is 10.3. The van der Waals surface area contributed by atoms with Crippen LogP contribution in [0.25, 0.3) is 0 Å². The second kappa shape index (κ2) is 3.47. The van der Waals surface area contributed by atoms with E-state index in [2.05, 4.69) is 9.78 Å². The van der Waals surface area contributed by atoms with Gasteiger partial charge in [-0.25, -0.2) is 0 Å². The molecular weight excluding hydrogens is 188 g/mol. The van der Waals surface area contributed by atoms with Gasteiger partial charge in [0, 0.05) is 12.1 Å². The summed E-state index contributed by atoms with van der Waals surface area (Å²) in [5.74, 6) is 0.284. The van der Waals surface area contributed by atoms with Gasteiger partial charge in [-0.15, -0.1) is 0 Å². The fourth-order valence-electron chi connectivity index (χ4n) is 2.88. The highest BCUT2D eigenvalue weighted by Gasteiger charge is 2.27. The second-order valence-electron chi connectivity index (χ2n) is 4.66. The summed E-state index contributed by atoms with van der Waals surface area (Å²) in [5.41, 5.74) is 2.09. The molecule has 0 bridgehead atoms. The van der Waals surface area contributed by atoms with Crippen LogP contribution in [0, 0.1) is 0 Å². The molecule has 3 rings (SSSR count). The van der Waals surface area contributed by atoms with Crippen molar-refractivity contribution < 1.29 is 4.79 Å². The molecule has 0 radical (unpaired) electrons. The van der Waals surface area contributed by atoms with E-state index < -0.39 is 0 Å². The molecule has 2 aliphatic rings. The summed E-state index contributed by atoms with van der Waals surface area (Å²) in [4.78, 5) is 11.5. The van der Waals surface area contributed by atoms with Crippen LogP contribution in [0.15, 0.2) is 6.20 Å². The fraction of sp³-hybridized carbons (Fsp3) is 0.667. The summed E-state index contributed by atoms with van der Waals surface area (Å²) in [5, 5.41) is 4.41. The van der Waals surface area contributed by atoms with Crippen molar-refractivity contribution in [1.29, 1.82) is 0 Å². The molecule has 0 amide bonds. The number of hydrogen-bond acceptors (Lipinski definition) is 2. The van der Waals surface area contributed by atoms with E-state index in [4.69, 9.17) is 0 Å². The van der Waals surface area contributed by atoms with E-state index in [9.17, 15) is 4.79 Å². The van der Waals surface area contributed by atoms with Crippen molar-refractivity contribution >= 4 is 5.78 Å². The molecular formula is C12H16N2O. The summed E-state index contributed by atoms with van der Waals surface area (Å²) >= 11 is 0. The Balaban J connectivity index is 1.92. The number of Topliss-reactive ketones (excluding diaryl/α,β-unsaturated/α-hetero) is 1. The third-order valence-electron chi connectivity index (χ3n) is 3.71. The molecule has 0 spiro atoms. The maximum Gasteiger partial charge on any atom is 0.166 e. The van der Waals surface area contributed by atoms with Crippen LogP contribution in [0.4, 0.5) is 0 Å². The third-order valence-corrected chi connectivity index (χ3v) is 3.71. The van der Waals surface area contributed by atoms with Crippen molar-refractivity contribution in [3.8, 4) is 0 Å². The SMILES string of the molecule is O=C1CCc2c1cnn2C1CCCCC1. The summed E-state index contributed by atoms with van der Waals surface area (Å²) in [6.45, 7) is 0. The molecule has 0 aromatic carbocycles. The zero-order valence-electron chi connectivity index (χ0n) is 8.91. The predicted octanol–water partition coefficient (Wildman–Crippen LogP) is 2.52. The van der Waals surface area contributed by atoms with Gasteiger partial charge in [-0.3, -0.25) is 9.48 Å². The third kappa shape index (κ3) is 1.41. The van der Waals surface area contributed by atoms with Gasteiger partial charge in [0.2, 0.25) is 0 Å². The number of rotatable bonds is 1. The van der Waals surface area contributed by atoms with Crippen LogP contribution in [0.1, 0.15) is 60.6 Å². The van der Waals surface area contributed by atoms with E-state index in [1.807, 2.05) is 0 Å². The van der Waals surface area contributed by atoms with Crippen LogP contribution in [-0.4, -0.2) is 15.6 Å². The highest BCUT2D eigenvalue weighted by atomic mass is 16.1. The maximum absolute atomic E-state index is 11.5. The van der Waals surface area contributed by atoms with Crippen LogP contribution >= 0.6 is 0 Å². The van der Waals surface area contributed by atoms with Gasteiger partial charge in [0.15, 0.2) is 5.78 Å². The van der Waals surface area contributed by atoms with Gasteiger partial charge in [-0.05, 0) is 19.3 Å². The quantitative estimate of drug-likeness (QED) is 0.704. The van der Waals surface area contributed by atoms with E-state index >= 15 is 0 Å². The maximum atomic E-state index is 11.5. The Kier molecular flexibility index (Phi) is 2.11. The van der Waals surface area contributed by atoms with E-state index in [0.717, 1.165) is 12.0 Å². The van der Waals surface area contributed by atoms with Gasteiger partial charge >= 0.3 is 0 Å². The molecule has 0 aliphatic heterocycles. The number of hydrogen-bond donors (Lipinski definition) is 0. The lowest BCUT2D eigenvalue weighted by Gasteiger charge is -2.23. The summed E-state index contributed by atoms with van der Waals surface area (Å²) in [7, 11) is 0. The number of ketones is 1. The van der Waals surface area contributed by atoms with Crippen LogP contribution in [-0.2, 0) is 6.42 Å². The smallest absolute Gasteiger partial charge is 0.166 e. The molecule has 0 atom stereocenters. The largest absolute Gasteiger partial charge is 0.294 e. The topological polar surface area (TPSA) is 34.9 Å². The van der Waals surface area contributed by atoms with Crippen LogP contribution in [0.2, 0.25) is 0 Å². The lowest BCUT2D eigenvalue weighted by Crippen LogP contribution is -2.16. The van der Waals surface area contributed by atoms with Gasteiger partial charge in [-0.2, -0.15) is 5.10 Å². The number of nitrogens with zero attached hydrogens (tertiary/aromatic N) is 2. The Labute approximate surface area is 89.5 Å². The van der Waals surface area contributed by atoms with Crippen molar-refractivity contribution in [2.24, 2.45) is 0 Å². The molecule has 1 heterocycles. The molecule has 1 aromatic heterocycles. The summed E-state index contributed by atoms with van der Waals surface area (Å²) in [6.07, 6.45) is 9.84. The molecule has 1 saturated carbocycles. The first-order chi connectivity index (χ1) is 7.36. The first-order valence-corrected chi connectivity index (χ1v) is 5.96. The number of carbonyl (C=O) groups excluding carboxylic acids is 1. The standard InChI is InChI=1S/C12H16N2O/c15-12-7-6-11-10(12)8-13-14(11)9-4-2-1-3-5-9/h8-9H,1-7H2. The van der Waals surface area contributed by atoms with Crippen molar-refractivity contribution in [2.45, 2.75) is 51.0 Å². The van der Waals surface area contributed by atoms with Gasteiger partial charge in [0.25, 0.3) is 0 Å². The molecule has 3 nitrogen and oxygen atoms in total. The normalized spacial score (nSPS) is 22.0. The Bertz CT molecular complexity index is 388. The first kappa shape index (κ1) is 9.13. The molecule has 2 aliphatic carbocycles. The van der Waals surface area contributed by atoms with Crippen molar-refractivity contribution in [3.05, 3.63) is 17.5 Å². The molecule has 0 N–H and O–H groups in total. The van der Waals surface area contributed by atoms with Crippen LogP contribution in [0.3, 0.4) is 0 Å². The summed E-state index contributed by atoms with van der Waals surface area (Å²) in [6, 6.07) is 0.563. The average Bonchev–Trinajstić information content (AvgIpc) is 2.83. The van der Waals surface area contributed by atoms with Gasteiger partial charge < -0.3 is 0 Å². The van der Waals surface area contributed by atoms with Crippen molar-refractivity contribution in [1.82, 2.24) is 9.78 Å². The number of carbonyl (C=O) groups is 1. The average molecular weight is 204 g/mol. The lowest BCUT2D eigenvalue weighted by molar-refractivity contribution is 0.0994. The molecule has 15 heavy (non-hydrogen) atoms. The van der Waals surface area contributed by atoms with E-state index in [0.29, 0.717) is 12.5 Å². The van der Waals surface area contributed by atoms with Crippen LogP contribution in [0.5, 0.6) is 0 Å². The minimum atomic E-state index is 0.284. The monoisotopic (exact) mass is 204 g/mol. The van der Waals surface area contributed by atoms with Crippen molar-refractivity contribution in [2.75, 3.05) is 0 Å². The van der Waals surface area contributed by atoms with Gasteiger partial charge in [0.1, 0.15) is 0 Å². The molecule has 1 fully saturated rings. The highest BCUT2D eigenvalue weighted by molar-refractivity contribution is 5.99.